The van der Waals surface area contributed by atoms with Gasteiger partial charge in [0.1, 0.15) is 5.82 Å². The number of halogens is 2. The molecule has 2 fully saturated rings. The summed E-state index contributed by atoms with van der Waals surface area (Å²) < 4.78 is 14.2. The lowest BCUT2D eigenvalue weighted by Gasteiger charge is -2.21. The molecule has 3 atom stereocenters. The zero-order chi connectivity index (χ0) is 14.8. The molecule has 1 saturated carbocycles. The lowest BCUT2D eigenvalue weighted by atomic mass is 9.82. The third kappa shape index (κ3) is 2.93. The highest BCUT2D eigenvalue weighted by Gasteiger charge is 2.39. The fraction of sp³-hybridized carbons (Fsp3) is 0.588. The van der Waals surface area contributed by atoms with Crippen LogP contribution in [0.5, 0.6) is 0 Å². The van der Waals surface area contributed by atoms with E-state index in [0.717, 1.165) is 12.3 Å². The molecule has 1 N–H and O–H groups in total. The summed E-state index contributed by atoms with van der Waals surface area (Å²) in [6.07, 6.45) is 6.19. The van der Waals surface area contributed by atoms with Crippen molar-refractivity contribution in [3.8, 4) is 6.07 Å². The monoisotopic (exact) mass is 306 g/mol. The number of benzene rings is 1. The van der Waals surface area contributed by atoms with Gasteiger partial charge < -0.3 is 5.32 Å². The van der Waals surface area contributed by atoms with E-state index < -0.39 is 0 Å². The standard InChI is InChI=1S/C17H20ClFN2/c18-15-7-3-6-12(17(15)19)14-10-21-16(13(14)9-20)8-11-4-1-2-5-11/h3,6-7,11,13-14,16,21H,1-2,4-5,8,10H2. The first-order valence-corrected chi connectivity index (χ1v) is 8.15. The lowest BCUT2D eigenvalue weighted by molar-refractivity contribution is 0.381. The first-order chi connectivity index (χ1) is 10.2. The van der Waals surface area contributed by atoms with Gasteiger partial charge in [0.2, 0.25) is 0 Å². The average molecular weight is 307 g/mol. The summed E-state index contributed by atoms with van der Waals surface area (Å²) in [5, 5.41) is 13.1. The summed E-state index contributed by atoms with van der Waals surface area (Å²) in [6.45, 7) is 0.660. The molecule has 21 heavy (non-hydrogen) atoms. The molecule has 0 aromatic heterocycles. The van der Waals surface area contributed by atoms with Crippen LogP contribution in [0.3, 0.4) is 0 Å². The molecule has 4 heteroatoms. The van der Waals surface area contributed by atoms with E-state index in [1.54, 1.807) is 18.2 Å². The molecule has 1 aliphatic carbocycles. The number of hydrogen-bond donors (Lipinski definition) is 1. The molecule has 1 aliphatic heterocycles. The minimum absolute atomic E-state index is 0.0971. The molecule has 2 aliphatic rings. The molecule has 1 heterocycles. The number of rotatable bonds is 3. The van der Waals surface area contributed by atoms with Crippen molar-refractivity contribution in [2.45, 2.75) is 44.1 Å². The Bertz CT molecular complexity index is 548. The number of hydrogen-bond acceptors (Lipinski definition) is 2. The smallest absolute Gasteiger partial charge is 0.145 e. The van der Waals surface area contributed by atoms with Crippen molar-refractivity contribution < 1.29 is 4.39 Å². The van der Waals surface area contributed by atoms with Crippen molar-refractivity contribution in [3.05, 3.63) is 34.6 Å². The minimum atomic E-state index is -0.368. The van der Waals surface area contributed by atoms with Crippen LogP contribution in [0.2, 0.25) is 5.02 Å². The van der Waals surface area contributed by atoms with Crippen LogP contribution in [-0.4, -0.2) is 12.6 Å². The predicted octanol–water partition coefficient (Wildman–Crippen LogP) is 4.25. The van der Waals surface area contributed by atoms with Crippen molar-refractivity contribution in [1.82, 2.24) is 5.32 Å². The Morgan fingerprint density at radius 1 is 1.33 bits per heavy atom. The van der Waals surface area contributed by atoms with Crippen molar-refractivity contribution in [2.75, 3.05) is 6.54 Å². The van der Waals surface area contributed by atoms with Gasteiger partial charge in [-0.2, -0.15) is 5.26 Å². The summed E-state index contributed by atoms with van der Waals surface area (Å²) >= 11 is 5.88. The molecular weight excluding hydrogens is 287 g/mol. The molecule has 1 aromatic carbocycles. The summed E-state index contributed by atoms with van der Waals surface area (Å²) in [5.41, 5.74) is 0.579. The first-order valence-electron chi connectivity index (χ1n) is 7.77. The Morgan fingerprint density at radius 2 is 2.10 bits per heavy atom. The van der Waals surface area contributed by atoms with E-state index >= 15 is 0 Å². The molecule has 3 unspecified atom stereocenters. The lowest BCUT2D eigenvalue weighted by Crippen LogP contribution is -2.28. The van der Waals surface area contributed by atoms with Crippen molar-refractivity contribution in [1.29, 1.82) is 5.26 Å². The maximum Gasteiger partial charge on any atom is 0.145 e. The van der Waals surface area contributed by atoms with E-state index in [9.17, 15) is 9.65 Å². The Kier molecular flexibility index (Phi) is 4.47. The molecule has 2 nitrogen and oxygen atoms in total. The highest BCUT2D eigenvalue weighted by atomic mass is 35.5. The Balaban J connectivity index is 1.78. The molecule has 1 aromatic rings. The summed E-state index contributed by atoms with van der Waals surface area (Å²) in [7, 11) is 0. The maximum atomic E-state index is 14.2. The Labute approximate surface area is 130 Å². The van der Waals surface area contributed by atoms with Gasteiger partial charge in [-0.1, -0.05) is 49.4 Å². The second-order valence-corrected chi connectivity index (χ2v) is 6.71. The van der Waals surface area contributed by atoms with E-state index in [1.165, 1.54) is 25.7 Å². The second kappa shape index (κ2) is 6.34. The van der Waals surface area contributed by atoms with E-state index in [-0.39, 0.29) is 28.7 Å². The summed E-state index contributed by atoms with van der Waals surface area (Å²) in [4.78, 5) is 0. The first kappa shape index (κ1) is 14.8. The van der Waals surface area contributed by atoms with Crippen LogP contribution < -0.4 is 5.32 Å². The van der Waals surface area contributed by atoms with Gasteiger partial charge in [-0.05, 0) is 24.0 Å². The van der Waals surface area contributed by atoms with Gasteiger partial charge in [0.15, 0.2) is 0 Å². The highest BCUT2D eigenvalue weighted by Crippen LogP contribution is 2.39. The van der Waals surface area contributed by atoms with Gasteiger partial charge in [-0.3, -0.25) is 0 Å². The van der Waals surface area contributed by atoms with Crippen LogP contribution >= 0.6 is 11.6 Å². The van der Waals surface area contributed by atoms with Crippen LogP contribution in [0.1, 0.15) is 43.6 Å². The van der Waals surface area contributed by atoms with Gasteiger partial charge in [-0.15, -0.1) is 0 Å². The number of nitrogens with one attached hydrogen (secondary N) is 1. The average Bonchev–Trinajstić information content (AvgIpc) is 3.12. The Hall–Kier alpha value is -1.11. The zero-order valence-electron chi connectivity index (χ0n) is 12.0. The molecule has 1 saturated heterocycles. The molecule has 0 radical (unpaired) electrons. The van der Waals surface area contributed by atoms with Crippen molar-refractivity contribution in [2.24, 2.45) is 11.8 Å². The number of nitriles is 1. The van der Waals surface area contributed by atoms with Crippen LogP contribution in [0.15, 0.2) is 18.2 Å². The van der Waals surface area contributed by atoms with Crippen LogP contribution in [0.25, 0.3) is 0 Å². The number of nitrogens with zero attached hydrogens (tertiary/aromatic N) is 1. The third-order valence-corrected chi connectivity index (χ3v) is 5.35. The molecule has 112 valence electrons. The van der Waals surface area contributed by atoms with Crippen LogP contribution in [-0.2, 0) is 0 Å². The van der Waals surface area contributed by atoms with Crippen molar-refractivity contribution >= 4 is 11.6 Å². The predicted molar refractivity (Wildman–Crippen MR) is 81.6 cm³/mol. The van der Waals surface area contributed by atoms with Crippen LogP contribution in [0.4, 0.5) is 4.39 Å². The largest absolute Gasteiger partial charge is 0.312 e. The van der Waals surface area contributed by atoms with Gasteiger partial charge in [-0.25, -0.2) is 4.39 Å². The SMILES string of the molecule is N#CC1C(CC2CCCC2)NCC1c1cccc(Cl)c1F. The molecule has 0 amide bonds. The van der Waals surface area contributed by atoms with Gasteiger partial charge >= 0.3 is 0 Å². The molecule has 3 rings (SSSR count). The quantitative estimate of drug-likeness (QED) is 0.906. The summed E-state index contributed by atoms with van der Waals surface area (Å²) in [6, 6.07) is 7.67. The fourth-order valence-corrected chi connectivity index (χ4v) is 4.12. The maximum absolute atomic E-state index is 14.2. The second-order valence-electron chi connectivity index (χ2n) is 6.31. The molecule has 0 spiro atoms. The van der Waals surface area contributed by atoms with Gasteiger partial charge in [0, 0.05) is 18.5 Å². The van der Waals surface area contributed by atoms with Crippen LogP contribution in [0, 0.1) is 29.0 Å². The van der Waals surface area contributed by atoms with E-state index in [4.69, 9.17) is 11.6 Å². The van der Waals surface area contributed by atoms with E-state index in [1.807, 2.05) is 0 Å². The third-order valence-electron chi connectivity index (χ3n) is 5.06. The topological polar surface area (TPSA) is 35.8 Å². The van der Waals surface area contributed by atoms with Gasteiger partial charge in [0.05, 0.1) is 17.0 Å². The Morgan fingerprint density at radius 3 is 2.81 bits per heavy atom. The van der Waals surface area contributed by atoms with Gasteiger partial charge in [0.25, 0.3) is 0 Å². The molecule has 0 bridgehead atoms. The fourth-order valence-electron chi connectivity index (χ4n) is 3.94. The van der Waals surface area contributed by atoms with E-state index in [2.05, 4.69) is 11.4 Å². The highest BCUT2D eigenvalue weighted by molar-refractivity contribution is 6.30. The zero-order valence-corrected chi connectivity index (χ0v) is 12.7. The molecular formula is C17H20ClFN2. The van der Waals surface area contributed by atoms with E-state index in [0.29, 0.717) is 12.1 Å². The summed E-state index contributed by atoms with van der Waals surface area (Å²) in [5.74, 6) is 0.0905. The normalized spacial score (nSPS) is 29.7. The minimum Gasteiger partial charge on any atom is -0.312 e. The van der Waals surface area contributed by atoms with Crippen molar-refractivity contribution in [3.63, 3.8) is 0 Å².